The SMILES string of the molecule is CC(C)C.CCC.CCCCCOCCN1CCOCC1.CNC=O. The Morgan fingerprint density at radius 1 is 1.08 bits per heavy atom. The van der Waals surface area contributed by atoms with E-state index in [-0.39, 0.29) is 0 Å². The fourth-order valence-corrected chi connectivity index (χ4v) is 1.57. The molecule has 0 spiro atoms. The van der Waals surface area contributed by atoms with Crippen molar-refractivity contribution in [2.24, 2.45) is 5.92 Å². The van der Waals surface area contributed by atoms with Crippen molar-refractivity contribution in [1.82, 2.24) is 10.2 Å². The maximum atomic E-state index is 9.06. The van der Waals surface area contributed by atoms with Crippen LogP contribution in [0.3, 0.4) is 0 Å². The van der Waals surface area contributed by atoms with Crippen LogP contribution in [0.1, 0.15) is 67.2 Å². The van der Waals surface area contributed by atoms with Gasteiger partial charge in [0.25, 0.3) is 0 Å². The molecule has 25 heavy (non-hydrogen) atoms. The van der Waals surface area contributed by atoms with Crippen LogP contribution in [-0.2, 0) is 14.3 Å². The highest BCUT2D eigenvalue weighted by molar-refractivity contribution is 5.44. The zero-order valence-electron chi connectivity index (χ0n) is 18.1. The summed E-state index contributed by atoms with van der Waals surface area (Å²) >= 11 is 0. The first kappa shape index (κ1) is 29.1. The van der Waals surface area contributed by atoms with Crippen molar-refractivity contribution >= 4 is 6.41 Å². The van der Waals surface area contributed by atoms with Gasteiger partial charge in [-0.25, -0.2) is 0 Å². The fourth-order valence-electron chi connectivity index (χ4n) is 1.57. The lowest BCUT2D eigenvalue weighted by molar-refractivity contribution is -0.109. The minimum absolute atomic E-state index is 0.625. The van der Waals surface area contributed by atoms with Crippen LogP contribution >= 0.6 is 0 Å². The second kappa shape index (κ2) is 28.2. The first-order valence-electron chi connectivity index (χ1n) is 9.98. The van der Waals surface area contributed by atoms with Gasteiger partial charge in [0.1, 0.15) is 0 Å². The molecule has 1 saturated heterocycles. The van der Waals surface area contributed by atoms with Crippen LogP contribution < -0.4 is 5.32 Å². The Hall–Kier alpha value is -0.650. The molecule has 0 aromatic rings. The quantitative estimate of drug-likeness (QED) is 0.524. The highest BCUT2D eigenvalue weighted by atomic mass is 16.5. The molecule has 0 radical (unpaired) electrons. The van der Waals surface area contributed by atoms with E-state index in [4.69, 9.17) is 14.3 Å². The van der Waals surface area contributed by atoms with Gasteiger partial charge in [0.15, 0.2) is 0 Å². The van der Waals surface area contributed by atoms with Crippen LogP contribution in [0.15, 0.2) is 0 Å². The summed E-state index contributed by atoms with van der Waals surface area (Å²) in [6.07, 6.45) is 5.64. The molecular weight excluding hydrogens is 316 g/mol. The van der Waals surface area contributed by atoms with Crippen molar-refractivity contribution in [3.05, 3.63) is 0 Å². The zero-order chi connectivity index (χ0) is 19.8. The molecule has 154 valence electrons. The lowest BCUT2D eigenvalue weighted by Crippen LogP contribution is -2.38. The Kier molecular flexibility index (Phi) is 32.8. The fraction of sp³-hybridized carbons (Fsp3) is 0.950. The number of carbonyl (C=O) groups excluding carboxylic acids is 1. The average Bonchev–Trinajstić information content (AvgIpc) is 2.59. The lowest BCUT2D eigenvalue weighted by atomic mass is 10.3. The molecule has 1 heterocycles. The van der Waals surface area contributed by atoms with Crippen molar-refractivity contribution in [1.29, 1.82) is 0 Å². The van der Waals surface area contributed by atoms with Crippen molar-refractivity contribution in [2.45, 2.75) is 67.2 Å². The Bertz CT molecular complexity index is 218. The number of amides is 1. The molecule has 1 aliphatic rings. The number of hydrogen-bond acceptors (Lipinski definition) is 4. The number of rotatable bonds is 8. The van der Waals surface area contributed by atoms with Gasteiger partial charge < -0.3 is 14.8 Å². The van der Waals surface area contributed by atoms with Gasteiger partial charge in [0.05, 0.1) is 19.8 Å². The summed E-state index contributed by atoms with van der Waals surface area (Å²) in [5.74, 6) is 0.833. The molecule has 1 rings (SSSR count). The van der Waals surface area contributed by atoms with Gasteiger partial charge in [0.2, 0.25) is 6.41 Å². The van der Waals surface area contributed by atoms with Gasteiger partial charge in [-0.3, -0.25) is 9.69 Å². The smallest absolute Gasteiger partial charge is 0.206 e. The summed E-state index contributed by atoms with van der Waals surface area (Å²) in [4.78, 5) is 11.5. The molecule has 0 aromatic heterocycles. The molecule has 1 amide bonds. The maximum Gasteiger partial charge on any atom is 0.206 e. The van der Waals surface area contributed by atoms with Gasteiger partial charge in [-0.1, -0.05) is 60.8 Å². The highest BCUT2D eigenvalue weighted by Gasteiger charge is 2.08. The van der Waals surface area contributed by atoms with E-state index in [1.807, 2.05) is 0 Å². The van der Waals surface area contributed by atoms with E-state index in [2.05, 4.69) is 51.8 Å². The number of carbonyl (C=O) groups is 1. The third kappa shape index (κ3) is 39.8. The monoisotopic (exact) mass is 362 g/mol. The minimum atomic E-state index is 0.625. The standard InChI is InChI=1S/C11H23NO2.C4H10.C3H8.C2H5NO/c1-2-3-4-8-13-9-5-12-6-10-14-11-7-12;1-4(2)3;1-3-2;1-3-2-4/h2-11H2,1H3;4H,1-3H3;3H2,1-2H3;2H,1H3,(H,3,4). The van der Waals surface area contributed by atoms with Gasteiger partial charge in [-0.2, -0.15) is 0 Å². The highest BCUT2D eigenvalue weighted by Crippen LogP contribution is 1.97. The van der Waals surface area contributed by atoms with E-state index < -0.39 is 0 Å². The van der Waals surface area contributed by atoms with E-state index in [0.29, 0.717) is 6.41 Å². The predicted molar refractivity (Wildman–Crippen MR) is 109 cm³/mol. The van der Waals surface area contributed by atoms with Crippen molar-refractivity contribution in [2.75, 3.05) is 53.1 Å². The molecule has 0 aliphatic carbocycles. The summed E-state index contributed by atoms with van der Waals surface area (Å²) < 4.78 is 10.8. The number of morpholine rings is 1. The van der Waals surface area contributed by atoms with Gasteiger partial charge in [-0.05, 0) is 12.3 Å². The maximum absolute atomic E-state index is 9.06. The van der Waals surface area contributed by atoms with Crippen LogP contribution in [-0.4, -0.2) is 64.4 Å². The van der Waals surface area contributed by atoms with Crippen LogP contribution in [0, 0.1) is 5.92 Å². The van der Waals surface area contributed by atoms with Crippen molar-refractivity contribution < 1.29 is 14.3 Å². The number of hydrogen-bond donors (Lipinski definition) is 1. The molecule has 0 saturated carbocycles. The summed E-state index contributed by atoms with van der Waals surface area (Å²) in [5.41, 5.74) is 0. The largest absolute Gasteiger partial charge is 0.380 e. The third-order valence-electron chi connectivity index (χ3n) is 2.67. The van der Waals surface area contributed by atoms with Gasteiger partial charge >= 0.3 is 0 Å². The minimum Gasteiger partial charge on any atom is -0.380 e. The second-order valence-electron chi connectivity index (χ2n) is 6.62. The van der Waals surface area contributed by atoms with Crippen LogP contribution in [0.4, 0.5) is 0 Å². The second-order valence-corrected chi connectivity index (χ2v) is 6.62. The molecule has 1 aliphatic heterocycles. The topological polar surface area (TPSA) is 50.8 Å². The predicted octanol–water partition coefficient (Wildman–Crippen LogP) is 3.97. The molecule has 0 unspecified atom stereocenters. The van der Waals surface area contributed by atoms with Crippen molar-refractivity contribution in [3.63, 3.8) is 0 Å². The number of ether oxygens (including phenoxy) is 2. The van der Waals surface area contributed by atoms with E-state index in [0.717, 1.165) is 52.0 Å². The number of nitrogens with one attached hydrogen (secondary N) is 1. The Morgan fingerprint density at radius 2 is 1.56 bits per heavy atom. The van der Waals surface area contributed by atoms with E-state index in [9.17, 15) is 0 Å². The van der Waals surface area contributed by atoms with E-state index in [1.165, 1.54) is 25.7 Å². The number of nitrogens with zero attached hydrogens (tertiary/aromatic N) is 1. The van der Waals surface area contributed by atoms with E-state index >= 15 is 0 Å². The molecular formula is C20H46N2O3. The Balaban J connectivity index is -0.000000363. The Labute approximate surface area is 157 Å². The van der Waals surface area contributed by atoms with Crippen LogP contribution in [0.25, 0.3) is 0 Å². The molecule has 1 fully saturated rings. The van der Waals surface area contributed by atoms with E-state index in [1.54, 1.807) is 7.05 Å². The van der Waals surface area contributed by atoms with Crippen molar-refractivity contribution in [3.8, 4) is 0 Å². The first-order chi connectivity index (χ1) is 12.0. The summed E-state index contributed by atoms with van der Waals surface area (Å²) in [5, 5.41) is 2.25. The first-order valence-corrected chi connectivity index (χ1v) is 9.98. The molecule has 0 atom stereocenters. The molecule has 5 heteroatoms. The average molecular weight is 363 g/mol. The van der Waals surface area contributed by atoms with Crippen LogP contribution in [0.2, 0.25) is 0 Å². The summed E-state index contributed by atoms with van der Waals surface area (Å²) in [6, 6.07) is 0. The molecule has 0 aromatic carbocycles. The summed E-state index contributed by atoms with van der Waals surface area (Å²) in [7, 11) is 1.56. The van der Waals surface area contributed by atoms with Crippen LogP contribution in [0.5, 0.6) is 0 Å². The number of unbranched alkanes of at least 4 members (excludes halogenated alkanes) is 2. The molecule has 0 bridgehead atoms. The summed E-state index contributed by atoms with van der Waals surface area (Å²) in [6.45, 7) is 19.7. The zero-order valence-corrected chi connectivity index (χ0v) is 18.1. The third-order valence-corrected chi connectivity index (χ3v) is 2.67. The normalized spacial score (nSPS) is 13.4. The Morgan fingerprint density at radius 3 is 1.96 bits per heavy atom. The molecule has 5 nitrogen and oxygen atoms in total. The molecule has 1 N–H and O–H groups in total. The van der Waals surface area contributed by atoms with Gasteiger partial charge in [0, 0.05) is 33.3 Å². The van der Waals surface area contributed by atoms with Gasteiger partial charge in [-0.15, -0.1) is 0 Å². The lowest BCUT2D eigenvalue weighted by Gasteiger charge is -2.26.